The summed E-state index contributed by atoms with van der Waals surface area (Å²) < 4.78 is 5.31. The monoisotopic (exact) mass is 264 g/mol. The van der Waals surface area contributed by atoms with E-state index in [1.807, 2.05) is 19.1 Å². The second-order valence-electron chi connectivity index (χ2n) is 4.85. The SMILES string of the molecule is CCC1(OC(N)=O)CCN(c2cccnc2N)CC1. The lowest BCUT2D eigenvalue weighted by atomic mass is 9.88. The van der Waals surface area contributed by atoms with Gasteiger partial charge in [-0.2, -0.15) is 0 Å². The van der Waals surface area contributed by atoms with Crippen LogP contribution in [0, 0.1) is 0 Å². The van der Waals surface area contributed by atoms with Crippen molar-refractivity contribution in [1.29, 1.82) is 0 Å². The van der Waals surface area contributed by atoms with E-state index in [0.29, 0.717) is 5.82 Å². The van der Waals surface area contributed by atoms with Crippen molar-refractivity contribution in [2.75, 3.05) is 23.7 Å². The van der Waals surface area contributed by atoms with Crippen LogP contribution >= 0.6 is 0 Å². The molecule has 1 aromatic rings. The summed E-state index contributed by atoms with van der Waals surface area (Å²) in [5, 5.41) is 0. The highest BCUT2D eigenvalue weighted by Gasteiger charge is 2.36. The molecule has 0 unspecified atom stereocenters. The van der Waals surface area contributed by atoms with Gasteiger partial charge in [0.25, 0.3) is 0 Å². The molecule has 104 valence electrons. The number of carbonyl (C=O) groups is 1. The van der Waals surface area contributed by atoms with Gasteiger partial charge in [-0.3, -0.25) is 0 Å². The topological polar surface area (TPSA) is 94.5 Å². The van der Waals surface area contributed by atoms with Gasteiger partial charge in [0.05, 0.1) is 5.69 Å². The molecule has 6 heteroatoms. The summed E-state index contributed by atoms with van der Waals surface area (Å²) in [5.41, 5.74) is 11.5. The average molecular weight is 264 g/mol. The first-order valence-corrected chi connectivity index (χ1v) is 6.50. The predicted molar refractivity (Wildman–Crippen MR) is 73.8 cm³/mol. The maximum atomic E-state index is 11.0. The lowest BCUT2D eigenvalue weighted by Gasteiger charge is -2.41. The van der Waals surface area contributed by atoms with Crippen LogP contribution in [0.15, 0.2) is 18.3 Å². The number of anilines is 2. The van der Waals surface area contributed by atoms with Gasteiger partial charge in [-0.25, -0.2) is 9.78 Å². The number of piperidine rings is 1. The Kier molecular flexibility index (Phi) is 3.78. The Labute approximate surface area is 112 Å². The number of ether oxygens (including phenoxy) is 1. The van der Waals surface area contributed by atoms with E-state index < -0.39 is 11.7 Å². The smallest absolute Gasteiger partial charge is 0.405 e. The van der Waals surface area contributed by atoms with Crippen molar-refractivity contribution in [2.24, 2.45) is 5.73 Å². The van der Waals surface area contributed by atoms with Crippen LogP contribution in [0.1, 0.15) is 26.2 Å². The minimum Gasteiger partial charge on any atom is -0.443 e. The number of hydrogen-bond donors (Lipinski definition) is 2. The Hall–Kier alpha value is -1.98. The van der Waals surface area contributed by atoms with Crippen LogP contribution in [0.3, 0.4) is 0 Å². The fourth-order valence-corrected chi connectivity index (χ4v) is 2.57. The molecule has 1 aromatic heterocycles. The zero-order chi connectivity index (χ0) is 13.9. The van der Waals surface area contributed by atoms with E-state index in [0.717, 1.165) is 38.0 Å². The molecule has 6 nitrogen and oxygen atoms in total. The Morgan fingerprint density at radius 2 is 2.21 bits per heavy atom. The molecule has 19 heavy (non-hydrogen) atoms. The molecule has 2 heterocycles. The van der Waals surface area contributed by atoms with Crippen molar-refractivity contribution in [3.8, 4) is 0 Å². The number of carbonyl (C=O) groups excluding carboxylic acids is 1. The van der Waals surface area contributed by atoms with Gasteiger partial charge < -0.3 is 21.1 Å². The minimum absolute atomic E-state index is 0.431. The fourth-order valence-electron chi connectivity index (χ4n) is 2.57. The van der Waals surface area contributed by atoms with Crippen molar-refractivity contribution in [2.45, 2.75) is 31.8 Å². The molecule has 0 aliphatic carbocycles. The summed E-state index contributed by atoms with van der Waals surface area (Å²) in [7, 11) is 0. The summed E-state index contributed by atoms with van der Waals surface area (Å²) in [6.07, 6.45) is 3.25. The van der Waals surface area contributed by atoms with E-state index in [1.54, 1.807) is 6.20 Å². The summed E-state index contributed by atoms with van der Waals surface area (Å²) in [6, 6.07) is 3.82. The van der Waals surface area contributed by atoms with E-state index in [-0.39, 0.29) is 0 Å². The zero-order valence-corrected chi connectivity index (χ0v) is 11.1. The maximum Gasteiger partial charge on any atom is 0.405 e. The molecule has 2 rings (SSSR count). The number of pyridine rings is 1. The van der Waals surface area contributed by atoms with Crippen LogP contribution in [-0.4, -0.2) is 29.8 Å². The summed E-state index contributed by atoms with van der Waals surface area (Å²) in [5.74, 6) is 0.530. The predicted octanol–water partition coefficient (Wildman–Crippen LogP) is 1.51. The largest absolute Gasteiger partial charge is 0.443 e. The number of rotatable bonds is 3. The summed E-state index contributed by atoms with van der Waals surface area (Å²) in [4.78, 5) is 17.3. The van der Waals surface area contributed by atoms with Gasteiger partial charge >= 0.3 is 6.09 Å². The van der Waals surface area contributed by atoms with Crippen LogP contribution < -0.4 is 16.4 Å². The molecule has 1 amide bonds. The molecule has 0 aromatic carbocycles. The lowest BCUT2D eigenvalue weighted by molar-refractivity contribution is -0.00528. The third-order valence-electron chi connectivity index (χ3n) is 3.79. The lowest BCUT2D eigenvalue weighted by Crippen LogP contribution is -2.47. The summed E-state index contributed by atoms with van der Waals surface area (Å²) >= 11 is 0. The zero-order valence-electron chi connectivity index (χ0n) is 11.1. The first kappa shape index (κ1) is 13.5. The Morgan fingerprint density at radius 1 is 1.53 bits per heavy atom. The van der Waals surface area contributed by atoms with Crippen LogP contribution in [0.5, 0.6) is 0 Å². The molecular formula is C13H20N4O2. The van der Waals surface area contributed by atoms with Crippen molar-refractivity contribution in [1.82, 2.24) is 4.98 Å². The van der Waals surface area contributed by atoms with E-state index in [1.165, 1.54) is 0 Å². The van der Waals surface area contributed by atoms with E-state index >= 15 is 0 Å². The first-order chi connectivity index (χ1) is 9.06. The first-order valence-electron chi connectivity index (χ1n) is 6.50. The Morgan fingerprint density at radius 3 is 2.74 bits per heavy atom. The molecule has 1 fully saturated rings. The summed E-state index contributed by atoms with van der Waals surface area (Å²) in [6.45, 7) is 3.56. The molecule has 1 aliphatic heterocycles. The average Bonchev–Trinajstić information content (AvgIpc) is 2.40. The van der Waals surface area contributed by atoms with Gasteiger partial charge in [0, 0.05) is 32.1 Å². The highest BCUT2D eigenvalue weighted by atomic mass is 16.6. The normalized spacial score (nSPS) is 18.1. The second kappa shape index (κ2) is 5.34. The molecule has 0 saturated carbocycles. The molecule has 0 radical (unpaired) electrons. The number of aromatic nitrogens is 1. The standard InChI is InChI=1S/C13H20N4O2/c1-2-13(19-12(15)18)5-8-17(9-6-13)10-4-3-7-16-11(10)14/h3-4,7H,2,5-6,8-9H2,1H3,(H2,14,16)(H2,15,18). The molecular weight excluding hydrogens is 244 g/mol. The molecule has 1 saturated heterocycles. The Balaban J connectivity index is 2.06. The van der Waals surface area contributed by atoms with Crippen molar-refractivity contribution < 1.29 is 9.53 Å². The van der Waals surface area contributed by atoms with Crippen LogP contribution in [0.2, 0.25) is 0 Å². The van der Waals surface area contributed by atoms with Crippen LogP contribution in [-0.2, 0) is 4.74 Å². The molecule has 0 bridgehead atoms. The number of nitrogen functional groups attached to an aromatic ring is 1. The highest BCUT2D eigenvalue weighted by Crippen LogP contribution is 2.33. The molecule has 4 N–H and O–H groups in total. The molecule has 1 aliphatic rings. The maximum absolute atomic E-state index is 11.0. The third kappa shape index (κ3) is 2.89. The number of nitrogens with two attached hydrogens (primary N) is 2. The number of hydrogen-bond acceptors (Lipinski definition) is 5. The van der Waals surface area contributed by atoms with Gasteiger partial charge in [-0.15, -0.1) is 0 Å². The van der Waals surface area contributed by atoms with Gasteiger partial charge in [-0.1, -0.05) is 6.92 Å². The quantitative estimate of drug-likeness (QED) is 0.862. The van der Waals surface area contributed by atoms with Gasteiger partial charge in [0.1, 0.15) is 11.4 Å². The molecule has 0 spiro atoms. The van der Waals surface area contributed by atoms with E-state index in [9.17, 15) is 4.79 Å². The van der Waals surface area contributed by atoms with Crippen molar-refractivity contribution >= 4 is 17.6 Å². The Bertz CT molecular complexity index is 456. The third-order valence-corrected chi connectivity index (χ3v) is 3.79. The van der Waals surface area contributed by atoms with Gasteiger partial charge in [0.15, 0.2) is 0 Å². The van der Waals surface area contributed by atoms with Crippen molar-refractivity contribution in [3.63, 3.8) is 0 Å². The van der Waals surface area contributed by atoms with E-state index in [2.05, 4.69) is 9.88 Å². The highest BCUT2D eigenvalue weighted by molar-refractivity contribution is 5.66. The van der Waals surface area contributed by atoms with Gasteiger partial charge in [-0.05, 0) is 18.6 Å². The van der Waals surface area contributed by atoms with Crippen LogP contribution in [0.25, 0.3) is 0 Å². The minimum atomic E-state index is -0.698. The van der Waals surface area contributed by atoms with E-state index in [4.69, 9.17) is 16.2 Å². The van der Waals surface area contributed by atoms with Crippen molar-refractivity contribution in [3.05, 3.63) is 18.3 Å². The van der Waals surface area contributed by atoms with Gasteiger partial charge in [0.2, 0.25) is 0 Å². The van der Waals surface area contributed by atoms with Crippen LogP contribution in [0.4, 0.5) is 16.3 Å². The fraction of sp³-hybridized carbons (Fsp3) is 0.538. The number of nitrogens with zero attached hydrogens (tertiary/aromatic N) is 2. The molecule has 0 atom stereocenters. The number of primary amides is 1. The second-order valence-corrected chi connectivity index (χ2v) is 4.85. The number of amides is 1.